The van der Waals surface area contributed by atoms with Crippen LogP contribution in [-0.4, -0.2) is 24.5 Å². The molecule has 110 valence electrons. The van der Waals surface area contributed by atoms with Crippen LogP contribution in [0, 0.1) is 0 Å². The third-order valence-electron chi connectivity index (χ3n) is 3.02. The summed E-state index contributed by atoms with van der Waals surface area (Å²) in [6, 6.07) is 7.30. The zero-order valence-electron chi connectivity index (χ0n) is 11.6. The standard InChI is InChI=1S/C17H17F2NO/c1-3-11-21-15-9-7-14(8-10-15)16-6-4-5-13(2)20(16)12-17(18)19/h3-10,17H,1-2,11-12H2. The summed E-state index contributed by atoms with van der Waals surface area (Å²) in [5.41, 5.74) is 2.10. The lowest BCUT2D eigenvalue weighted by atomic mass is 10.1. The molecular formula is C17H17F2NO. The fourth-order valence-electron chi connectivity index (χ4n) is 2.07. The van der Waals surface area contributed by atoms with Crippen LogP contribution in [0.2, 0.25) is 0 Å². The van der Waals surface area contributed by atoms with Crippen LogP contribution in [0.15, 0.2) is 67.4 Å². The second kappa shape index (κ2) is 6.88. The van der Waals surface area contributed by atoms with E-state index in [9.17, 15) is 8.78 Å². The Balaban J connectivity index is 2.21. The number of rotatable bonds is 6. The van der Waals surface area contributed by atoms with E-state index in [2.05, 4.69) is 13.2 Å². The zero-order valence-corrected chi connectivity index (χ0v) is 11.6. The summed E-state index contributed by atoms with van der Waals surface area (Å²) >= 11 is 0. The first-order valence-electron chi connectivity index (χ1n) is 6.59. The lowest BCUT2D eigenvalue weighted by molar-refractivity contribution is 0.123. The normalized spacial score (nSPS) is 14.3. The molecule has 0 fully saturated rings. The minimum atomic E-state index is -2.42. The van der Waals surface area contributed by atoms with E-state index in [1.807, 2.05) is 18.2 Å². The van der Waals surface area contributed by atoms with Gasteiger partial charge in [0.2, 0.25) is 0 Å². The van der Waals surface area contributed by atoms with Gasteiger partial charge in [-0.25, -0.2) is 8.78 Å². The van der Waals surface area contributed by atoms with E-state index in [4.69, 9.17) is 4.74 Å². The van der Waals surface area contributed by atoms with Crippen molar-refractivity contribution < 1.29 is 13.5 Å². The van der Waals surface area contributed by atoms with E-state index in [1.165, 1.54) is 4.90 Å². The molecule has 0 unspecified atom stereocenters. The van der Waals surface area contributed by atoms with Crippen molar-refractivity contribution in [3.63, 3.8) is 0 Å². The largest absolute Gasteiger partial charge is 0.490 e. The van der Waals surface area contributed by atoms with Gasteiger partial charge in [0.05, 0.1) is 6.54 Å². The fourth-order valence-corrected chi connectivity index (χ4v) is 2.07. The highest BCUT2D eigenvalue weighted by Gasteiger charge is 2.19. The summed E-state index contributed by atoms with van der Waals surface area (Å²) in [5.74, 6) is 0.713. The first-order valence-corrected chi connectivity index (χ1v) is 6.59. The Kier molecular flexibility index (Phi) is 4.93. The van der Waals surface area contributed by atoms with E-state index in [1.54, 1.807) is 30.4 Å². The quantitative estimate of drug-likeness (QED) is 0.726. The molecule has 0 saturated carbocycles. The van der Waals surface area contributed by atoms with Gasteiger partial charge in [-0.15, -0.1) is 0 Å². The van der Waals surface area contributed by atoms with Gasteiger partial charge in [0.1, 0.15) is 12.4 Å². The molecule has 4 heteroatoms. The van der Waals surface area contributed by atoms with Crippen molar-refractivity contribution in [1.29, 1.82) is 0 Å². The molecule has 0 N–H and O–H groups in total. The molecular weight excluding hydrogens is 272 g/mol. The Bertz CT molecular complexity index is 573. The van der Waals surface area contributed by atoms with Crippen LogP contribution in [-0.2, 0) is 0 Å². The smallest absolute Gasteiger partial charge is 0.256 e. The van der Waals surface area contributed by atoms with E-state index in [-0.39, 0.29) is 6.54 Å². The molecule has 0 amide bonds. The Morgan fingerprint density at radius 1 is 1.24 bits per heavy atom. The molecule has 1 aliphatic rings. The predicted octanol–water partition coefficient (Wildman–Crippen LogP) is 4.24. The van der Waals surface area contributed by atoms with Crippen molar-refractivity contribution >= 4 is 5.70 Å². The topological polar surface area (TPSA) is 12.5 Å². The van der Waals surface area contributed by atoms with Crippen molar-refractivity contribution in [2.24, 2.45) is 0 Å². The average Bonchev–Trinajstić information content (AvgIpc) is 2.47. The number of nitrogens with zero attached hydrogens (tertiary/aromatic N) is 1. The molecule has 1 heterocycles. The third-order valence-corrected chi connectivity index (χ3v) is 3.02. The van der Waals surface area contributed by atoms with Gasteiger partial charge in [0.15, 0.2) is 0 Å². The lowest BCUT2D eigenvalue weighted by Gasteiger charge is -2.29. The number of allylic oxidation sites excluding steroid dienone is 3. The van der Waals surface area contributed by atoms with Crippen molar-refractivity contribution in [2.75, 3.05) is 13.2 Å². The van der Waals surface area contributed by atoms with Gasteiger partial charge in [-0.05, 0) is 42.0 Å². The average molecular weight is 289 g/mol. The number of hydrogen-bond donors (Lipinski definition) is 0. The molecule has 0 bridgehead atoms. The summed E-state index contributed by atoms with van der Waals surface area (Å²) in [6.45, 7) is 7.45. The van der Waals surface area contributed by atoms with Crippen LogP contribution in [0.4, 0.5) is 8.78 Å². The number of benzene rings is 1. The number of ether oxygens (including phenoxy) is 1. The molecule has 2 nitrogen and oxygen atoms in total. The van der Waals surface area contributed by atoms with Gasteiger partial charge >= 0.3 is 0 Å². The monoisotopic (exact) mass is 289 g/mol. The third kappa shape index (κ3) is 3.81. The van der Waals surface area contributed by atoms with E-state index >= 15 is 0 Å². The summed E-state index contributed by atoms with van der Waals surface area (Å²) in [4.78, 5) is 1.52. The van der Waals surface area contributed by atoms with Crippen LogP contribution in [0.25, 0.3) is 5.70 Å². The molecule has 0 aromatic heterocycles. The summed E-state index contributed by atoms with van der Waals surface area (Å²) in [6.07, 6.45) is 4.56. The highest BCUT2D eigenvalue weighted by atomic mass is 19.3. The molecule has 2 rings (SSSR count). The number of hydrogen-bond acceptors (Lipinski definition) is 2. The minimum absolute atomic E-state index is 0.371. The van der Waals surface area contributed by atoms with Crippen LogP contribution < -0.4 is 4.74 Å². The molecule has 0 atom stereocenters. The maximum Gasteiger partial charge on any atom is 0.256 e. The van der Waals surface area contributed by atoms with Gasteiger partial charge in [0.25, 0.3) is 6.43 Å². The highest BCUT2D eigenvalue weighted by Crippen LogP contribution is 2.28. The fraction of sp³-hybridized carbons (Fsp3) is 0.176. The molecule has 0 radical (unpaired) electrons. The number of halogens is 2. The molecule has 0 saturated heterocycles. The van der Waals surface area contributed by atoms with Crippen molar-refractivity contribution in [3.05, 3.63) is 73.0 Å². The molecule has 0 spiro atoms. The van der Waals surface area contributed by atoms with Gasteiger partial charge in [0, 0.05) is 11.4 Å². The maximum atomic E-state index is 12.7. The summed E-state index contributed by atoms with van der Waals surface area (Å²) in [7, 11) is 0. The van der Waals surface area contributed by atoms with Gasteiger partial charge in [-0.3, -0.25) is 0 Å². The van der Waals surface area contributed by atoms with Crippen molar-refractivity contribution in [3.8, 4) is 5.75 Å². The minimum Gasteiger partial charge on any atom is -0.490 e. The van der Waals surface area contributed by atoms with Gasteiger partial charge in [-0.1, -0.05) is 25.3 Å². The van der Waals surface area contributed by atoms with Crippen LogP contribution in [0.5, 0.6) is 5.75 Å². The molecule has 1 aliphatic heterocycles. The second-order valence-corrected chi connectivity index (χ2v) is 4.53. The summed E-state index contributed by atoms with van der Waals surface area (Å²) < 4.78 is 30.9. The Hall–Kier alpha value is -2.36. The Labute approximate surface area is 123 Å². The SMILES string of the molecule is C=CCOc1ccc(C2=CC=CC(=C)N2CC(F)F)cc1. The molecule has 1 aromatic carbocycles. The van der Waals surface area contributed by atoms with Crippen LogP contribution in [0.3, 0.4) is 0 Å². The van der Waals surface area contributed by atoms with Gasteiger partial charge in [-0.2, -0.15) is 0 Å². The second-order valence-electron chi connectivity index (χ2n) is 4.53. The van der Waals surface area contributed by atoms with Crippen molar-refractivity contribution in [1.82, 2.24) is 4.90 Å². The van der Waals surface area contributed by atoms with Crippen LogP contribution in [0.1, 0.15) is 5.56 Å². The van der Waals surface area contributed by atoms with E-state index in [0.29, 0.717) is 23.8 Å². The van der Waals surface area contributed by atoms with Crippen molar-refractivity contribution in [2.45, 2.75) is 6.43 Å². The highest BCUT2D eigenvalue weighted by molar-refractivity contribution is 5.70. The molecule has 0 aliphatic carbocycles. The number of alkyl halides is 2. The Morgan fingerprint density at radius 3 is 2.57 bits per heavy atom. The van der Waals surface area contributed by atoms with E-state index < -0.39 is 6.43 Å². The Morgan fingerprint density at radius 2 is 1.95 bits per heavy atom. The molecule has 21 heavy (non-hydrogen) atoms. The zero-order chi connectivity index (χ0) is 15.2. The lowest BCUT2D eigenvalue weighted by Crippen LogP contribution is -2.27. The van der Waals surface area contributed by atoms with Gasteiger partial charge < -0.3 is 9.64 Å². The maximum absolute atomic E-state index is 12.7. The first-order chi connectivity index (χ1) is 10.1. The summed E-state index contributed by atoms with van der Waals surface area (Å²) in [5, 5.41) is 0. The van der Waals surface area contributed by atoms with Crippen LogP contribution >= 0.6 is 0 Å². The van der Waals surface area contributed by atoms with E-state index in [0.717, 1.165) is 5.56 Å². The predicted molar refractivity (Wildman–Crippen MR) is 81.1 cm³/mol. The molecule has 1 aromatic rings. The first kappa shape index (κ1) is 15.0.